The van der Waals surface area contributed by atoms with Crippen LogP contribution in [0.15, 0.2) is 30.3 Å². The summed E-state index contributed by atoms with van der Waals surface area (Å²) in [6.45, 7) is 0.264. The van der Waals surface area contributed by atoms with Crippen molar-refractivity contribution in [2.24, 2.45) is 11.1 Å². The number of hydrogen-bond donors (Lipinski definition) is 3. The molecule has 5 heteroatoms. The fourth-order valence-electron chi connectivity index (χ4n) is 2.79. The molecule has 4 N–H and O–H groups in total. The first-order valence-electron chi connectivity index (χ1n) is 6.88. The number of nitrogens with one attached hydrogen (secondary N) is 1. The van der Waals surface area contributed by atoms with Crippen molar-refractivity contribution in [1.29, 1.82) is 0 Å². The molecule has 20 heavy (non-hydrogen) atoms. The molecule has 5 nitrogen and oxygen atoms in total. The summed E-state index contributed by atoms with van der Waals surface area (Å²) in [5.41, 5.74) is 5.73. The van der Waals surface area contributed by atoms with Crippen molar-refractivity contribution in [3.63, 3.8) is 0 Å². The molecule has 0 aliphatic heterocycles. The van der Waals surface area contributed by atoms with Gasteiger partial charge in [0, 0.05) is 6.54 Å². The molecule has 0 heterocycles. The van der Waals surface area contributed by atoms with Crippen molar-refractivity contribution in [3.05, 3.63) is 35.9 Å². The second kappa shape index (κ2) is 6.05. The Kier molecular flexibility index (Phi) is 4.39. The number of benzene rings is 1. The third-order valence-corrected chi connectivity index (χ3v) is 4.09. The molecule has 0 radical (unpaired) electrons. The number of hydrogen-bond acceptors (Lipinski definition) is 3. The minimum atomic E-state index is -1.06. The first-order valence-corrected chi connectivity index (χ1v) is 6.88. The second-order valence-electron chi connectivity index (χ2n) is 5.35. The number of rotatable bonds is 5. The molecule has 1 amide bonds. The highest BCUT2D eigenvalue weighted by molar-refractivity contribution is 5.88. The van der Waals surface area contributed by atoms with Crippen molar-refractivity contribution in [3.8, 4) is 0 Å². The molecule has 2 rings (SSSR count). The minimum absolute atomic E-state index is 0.242. The van der Waals surface area contributed by atoms with Crippen molar-refractivity contribution in [2.45, 2.75) is 31.7 Å². The van der Waals surface area contributed by atoms with Gasteiger partial charge >= 0.3 is 5.97 Å². The van der Waals surface area contributed by atoms with Crippen LogP contribution in [0.3, 0.4) is 0 Å². The van der Waals surface area contributed by atoms with Crippen LogP contribution in [0.25, 0.3) is 0 Å². The van der Waals surface area contributed by atoms with Gasteiger partial charge in [0.2, 0.25) is 5.91 Å². The Hall–Kier alpha value is -1.88. The molecule has 0 aromatic heterocycles. The predicted molar refractivity (Wildman–Crippen MR) is 74.9 cm³/mol. The molecule has 1 aliphatic rings. The molecule has 1 atom stereocenters. The van der Waals surface area contributed by atoms with Crippen LogP contribution in [0.4, 0.5) is 0 Å². The van der Waals surface area contributed by atoms with E-state index in [9.17, 15) is 14.7 Å². The third-order valence-electron chi connectivity index (χ3n) is 4.09. The van der Waals surface area contributed by atoms with Crippen LogP contribution in [0.2, 0.25) is 0 Å². The lowest BCUT2D eigenvalue weighted by Crippen LogP contribution is -2.47. The summed E-state index contributed by atoms with van der Waals surface area (Å²) < 4.78 is 0. The second-order valence-corrected chi connectivity index (χ2v) is 5.35. The number of aliphatic carboxylic acids is 1. The molecule has 108 valence electrons. The highest BCUT2D eigenvalue weighted by Crippen LogP contribution is 2.37. The van der Waals surface area contributed by atoms with Gasteiger partial charge in [0.15, 0.2) is 6.04 Å². The normalized spacial score (nSPS) is 18.4. The van der Waals surface area contributed by atoms with E-state index in [0.29, 0.717) is 5.56 Å². The number of amides is 1. The molecule has 1 aliphatic carbocycles. The van der Waals surface area contributed by atoms with Gasteiger partial charge in [0.1, 0.15) is 0 Å². The smallest absolute Gasteiger partial charge is 0.330 e. The van der Waals surface area contributed by atoms with E-state index in [0.717, 1.165) is 25.7 Å². The van der Waals surface area contributed by atoms with Crippen LogP contribution < -0.4 is 11.1 Å². The molecule has 1 aromatic carbocycles. The lowest BCUT2D eigenvalue weighted by atomic mass is 9.85. The maximum Gasteiger partial charge on any atom is 0.330 e. The summed E-state index contributed by atoms with van der Waals surface area (Å²) in [7, 11) is 0. The molecule has 1 aromatic rings. The fourth-order valence-corrected chi connectivity index (χ4v) is 2.79. The van der Waals surface area contributed by atoms with Gasteiger partial charge in [-0.2, -0.15) is 0 Å². The Labute approximate surface area is 118 Å². The van der Waals surface area contributed by atoms with Gasteiger partial charge in [-0.3, -0.25) is 4.79 Å². The van der Waals surface area contributed by atoms with Crippen molar-refractivity contribution >= 4 is 11.9 Å². The first kappa shape index (κ1) is 14.5. The van der Waals surface area contributed by atoms with Crippen LogP contribution in [-0.4, -0.2) is 23.5 Å². The first-order chi connectivity index (χ1) is 9.59. The zero-order valence-electron chi connectivity index (χ0n) is 11.3. The topological polar surface area (TPSA) is 92.4 Å². The maximum atomic E-state index is 12.4. The summed E-state index contributed by atoms with van der Waals surface area (Å²) in [6.07, 6.45) is 3.40. The van der Waals surface area contributed by atoms with Gasteiger partial charge in [0.05, 0.1) is 5.41 Å². The lowest BCUT2D eigenvalue weighted by Gasteiger charge is -2.28. The van der Waals surface area contributed by atoms with Crippen LogP contribution in [-0.2, 0) is 9.59 Å². The Morgan fingerprint density at radius 1 is 1.25 bits per heavy atom. The summed E-state index contributed by atoms with van der Waals surface area (Å²) in [6, 6.07) is 7.69. The predicted octanol–water partition coefficient (Wildman–Crippen LogP) is 1.45. The molecular formula is C15H20N2O3. The Bertz CT molecular complexity index is 481. The molecule has 1 saturated carbocycles. The molecule has 0 saturated heterocycles. The van der Waals surface area contributed by atoms with E-state index in [2.05, 4.69) is 5.32 Å². The van der Waals surface area contributed by atoms with E-state index < -0.39 is 17.4 Å². The zero-order chi connectivity index (χ0) is 14.6. The molecule has 1 unspecified atom stereocenters. The van der Waals surface area contributed by atoms with Gasteiger partial charge in [-0.1, -0.05) is 43.2 Å². The van der Waals surface area contributed by atoms with Gasteiger partial charge in [-0.05, 0) is 18.4 Å². The summed E-state index contributed by atoms with van der Waals surface area (Å²) in [5.74, 6) is -1.30. The zero-order valence-corrected chi connectivity index (χ0v) is 11.3. The Balaban J connectivity index is 2.17. The summed E-state index contributed by atoms with van der Waals surface area (Å²) in [4.78, 5) is 23.8. The van der Waals surface area contributed by atoms with Gasteiger partial charge in [0.25, 0.3) is 0 Å². The third kappa shape index (κ3) is 2.82. The van der Waals surface area contributed by atoms with Crippen LogP contribution in [0.5, 0.6) is 0 Å². The number of carboxylic acids is 1. The van der Waals surface area contributed by atoms with Gasteiger partial charge < -0.3 is 16.2 Å². The van der Waals surface area contributed by atoms with Crippen molar-refractivity contribution in [1.82, 2.24) is 5.32 Å². The van der Waals surface area contributed by atoms with E-state index >= 15 is 0 Å². The van der Waals surface area contributed by atoms with Crippen LogP contribution in [0.1, 0.15) is 37.3 Å². The van der Waals surface area contributed by atoms with E-state index in [1.54, 1.807) is 24.3 Å². The molecular weight excluding hydrogens is 256 g/mol. The number of nitrogens with two attached hydrogens (primary N) is 1. The Morgan fingerprint density at radius 2 is 1.85 bits per heavy atom. The quantitative estimate of drug-likeness (QED) is 0.759. The SMILES string of the molecule is NCC1(C(=O)NC(C(=O)O)c2ccccc2)CCCC1. The van der Waals surface area contributed by atoms with Crippen molar-refractivity contribution < 1.29 is 14.7 Å². The largest absolute Gasteiger partial charge is 0.479 e. The molecule has 0 bridgehead atoms. The van der Waals surface area contributed by atoms with Crippen LogP contribution in [0, 0.1) is 5.41 Å². The average Bonchev–Trinajstić information content (AvgIpc) is 2.95. The summed E-state index contributed by atoms with van der Waals surface area (Å²) >= 11 is 0. The summed E-state index contributed by atoms with van der Waals surface area (Å²) in [5, 5.41) is 12.0. The number of carbonyl (C=O) groups excluding carboxylic acids is 1. The number of carboxylic acid groups (broad SMARTS) is 1. The van der Waals surface area contributed by atoms with Crippen molar-refractivity contribution in [2.75, 3.05) is 6.54 Å². The van der Waals surface area contributed by atoms with Crippen LogP contribution >= 0.6 is 0 Å². The average molecular weight is 276 g/mol. The molecule has 1 fully saturated rings. The highest BCUT2D eigenvalue weighted by atomic mass is 16.4. The lowest BCUT2D eigenvalue weighted by molar-refractivity contribution is -0.144. The highest BCUT2D eigenvalue weighted by Gasteiger charge is 2.41. The van der Waals surface area contributed by atoms with Gasteiger partial charge in [-0.25, -0.2) is 4.79 Å². The monoisotopic (exact) mass is 276 g/mol. The van der Waals surface area contributed by atoms with Gasteiger partial charge in [-0.15, -0.1) is 0 Å². The maximum absolute atomic E-state index is 12.4. The fraction of sp³-hybridized carbons (Fsp3) is 0.467. The van der Waals surface area contributed by atoms with E-state index in [-0.39, 0.29) is 12.5 Å². The van der Waals surface area contributed by atoms with E-state index in [1.165, 1.54) is 0 Å². The Morgan fingerprint density at radius 3 is 2.35 bits per heavy atom. The van der Waals surface area contributed by atoms with E-state index in [1.807, 2.05) is 6.07 Å². The van der Waals surface area contributed by atoms with E-state index in [4.69, 9.17) is 5.73 Å². The minimum Gasteiger partial charge on any atom is -0.479 e. The standard InChI is InChI=1S/C15H20N2O3/c16-10-15(8-4-5-9-15)14(20)17-12(13(18)19)11-6-2-1-3-7-11/h1-3,6-7,12H,4-5,8-10,16H2,(H,17,20)(H,18,19). The number of carbonyl (C=O) groups is 2. The molecule has 0 spiro atoms.